The number of hydrogen-bond donors (Lipinski definition) is 2. The lowest BCUT2D eigenvalue weighted by molar-refractivity contribution is -0.137. The Kier molecular flexibility index (Phi) is 4.72. The van der Waals surface area contributed by atoms with Gasteiger partial charge in [-0.05, 0) is 30.5 Å². The Labute approximate surface area is 132 Å². The second-order valence-electron chi connectivity index (χ2n) is 4.63. The van der Waals surface area contributed by atoms with Gasteiger partial charge in [-0.15, -0.1) is 11.3 Å². The summed E-state index contributed by atoms with van der Waals surface area (Å²) >= 11 is 4.05. The maximum atomic E-state index is 12.6. The molecule has 1 unspecified atom stereocenters. The first-order chi connectivity index (χ1) is 9.74. The summed E-state index contributed by atoms with van der Waals surface area (Å²) in [5, 5.41) is -0.872. The zero-order valence-electron chi connectivity index (χ0n) is 11.3. The third-order valence-corrected chi connectivity index (χ3v) is 5.37. The number of rotatable bonds is 3. The van der Waals surface area contributed by atoms with E-state index in [1.54, 1.807) is 0 Å². The van der Waals surface area contributed by atoms with E-state index in [9.17, 15) is 13.2 Å². The van der Waals surface area contributed by atoms with Gasteiger partial charge in [-0.2, -0.15) is 13.2 Å². The first-order valence-electron chi connectivity index (χ1n) is 5.99. The van der Waals surface area contributed by atoms with Crippen LogP contribution in [0.25, 0.3) is 0 Å². The first kappa shape index (κ1) is 16.4. The second-order valence-corrected chi connectivity index (χ2v) is 6.49. The summed E-state index contributed by atoms with van der Waals surface area (Å²) in [7, 11) is 0. The van der Waals surface area contributed by atoms with E-state index < -0.39 is 17.2 Å². The van der Waals surface area contributed by atoms with Gasteiger partial charge < -0.3 is 0 Å². The van der Waals surface area contributed by atoms with Gasteiger partial charge in [0.25, 0.3) is 0 Å². The summed E-state index contributed by atoms with van der Waals surface area (Å²) in [5.41, 5.74) is 5.34. The molecular formula is C13H13BrF3N3S. The monoisotopic (exact) mass is 379 g/mol. The van der Waals surface area contributed by atoms with Crippen molar-refractivity contribution in [2.75, 3.05) is 0 Å². The molecule has 1 atom stereocenters. The van der Waals surface area contributed by atoms with Crippen LogP contribution in [0.2, 0.25) is 0 Å². The summed E-state index contributed by atoms with van der Waals surface area (Å²) in [4.78, 5) is 3.86. The van der Waals surface area contributed by atoms with Gasteiger partial charge in [0, 0.05) is 15.5 Å². The molecule has 0 amide bonds. The van der Waals surface area contributed by atoms with Gasteiger partial charge in [-0.25, -0.2) is 10.4 Å². The predicted octanol–water partition coefficient (Wildman–Crippen LogP) is 4.09. The Bertz CT molecular complexity index is 631. The van der Waals surface area contributed by atoms with E-state index in [0.717, 1.165) is 21.2 Å². The maximum Gasteiger partial charge on any atom is 0.443 e. The molecule has 0 radical (unpaired) electrons. The van der Waals surface area contributed by atoms with Crippen molar-refractivity contribution in [1.82, 2.24) is 10.4 Å². The quantitative estimate of drug-likeness (QED) is 0.623. The lowest BCUT2D eigenvalue weighted by Crippen LogP contribution is -2.28. The molecule has 0 spiro atoms. The van der Waals surface area contributed by atoms with Gasteiger partial charge in [0.2, 0.25) is 0 Å². The van der Waals surface area contributed by atoms with Crippen molar-refractivity contribution in [2.45, 2.75) is 26.1 Å². The Morgan fingerprint density at radius 3 is 2.29 bits per heavy atom. The molecule has 21 heavy (non-hydrogen) atoms. The highest BCUT2D eigenvalue weighted by Gasteiger charge is 2.35. The Morgan fingerprint density at radius 1 is 1.29 bits per heavy atom. The lowest BCUT2D eigenvalue weighted by atomic mass is 10.0. The number of hydrogen-bond acceptors (Lipinski definition) is 4. The molecule has 0 aliphatic rings. The smallest absolute Gasteiger partial charge is 0.271 e. The molecule has 1 aromatic heterocycles. The minimum absolute atomic E-state index is 0.422. The highest BCUT2D eigenvalue weighted by Crippen LogP contribution is 2.36. The molecule has 0 aliphatic carbocycles. The molecule has 114 valence electrons. The van der Waals surface area contributed by atoms with Gasteiger partial charge in [-0.3, -0.25) is 5.84 Å². The van der Waals surface area contributed by atoms with Crippen LogP contribution in [0, 0.1) is 13.8 Å². The van der Waals surface area contributed by atoms with Crippen LogP contribution < -0.4 is 11.3 Å². The third kappa shape index (κ3) is 3.45. The average Bonchev–Trinajstić information content (AvgIpc) is 2.86. The minimum atomic E-state index is -4.44. The topological polar surface area (TPSA) is 50.9 Å². The van der Waals surface area contributed by atoms with E-state index in [2.05, 4.69) is 26.3 Å². The number of nitrogens with two attached hydrogens (primary N) is 1. The van der Waals surface area contributed by atoms with E-state index in [-0.39, 0.29) is 0 Å². The zero-order valence-corrected chi connectivity index (χ0v) is 13.7. The Balaban J connectivity index is 2.43. The van der Waals surface area contributed by atoms with E-state index >= 15 is 0 Å². The molecule has 3 nitrogen and oxygen atoms in total. The molecule has 1 aromatic carbocycles. The van der Waals surface area contributed by atoms with Crippen molar-refractivity contribution < 1.29 is 13.2 Å². The van der Waals surface area contributed by atoms with Crippen LogP contribution in [-0.4, -0.2) is 4.98 Å². The van der Waals surface area contributed by atoms with Crippen molar-refractivity contribution >= 4 is 27.3 Å². The number of nitrogens with one attached hydrogen (secondary N) is 1. The molecule has 0 fully saturated rings. The van der Waals surface area contributed by atoms with Gasteiger partial charge in [0.15, 0.2) is 5.01 Å². The number of thiazole rings is 1. The SMILES string of the molecule is Cc1cc(C(NN)c2cnc(C(F)(F)F)s2)cc(C)c1Br. The number of nitrogens with zero attached hydrogens (tertiary/aromatic N) is 1. The Morgan fingerprint density at radius 2 is 1.86 bits per heavy atom. The number of alkyl halides is 3. The average molecular weight is 380 g/mol. The van der Waals surface area contributed by atoms with Gasteiger partial charge in [0.1, 0.15) is 0 Å². The van der Waals surface area contributed by atoms with Gasteiger partial charge >= 0.3 is 6.18 Å². The Hall–Kier alpha value is -0.960. The van der Waals surface area contributed by atoms with Crippen LogP contribution in [0.5, 0.6) is 0 Å². The van der Waals surface area contributed by atoms with Crippen molar-refractivity contribution in [2.24, 2.45) is 5.84 Å². The van der Waals surface area contributed by atoms with Gasteiger partial charge in [-0.1, -0.05) is 28.1 Å². The fourth-order valence-electron chi connectivity index (χ4n) is 2.04. The highest BCUT2D eigenvalue weighted by atomic mass is 79.9. The van der Waals surface area contributed by atoms with E-state index in [0.29, 0.717) is 16.2 Å². The normalized spacial score (nSPS) is 13.5. The zero-order chi connectivity index (χ0) is 15.8. The summed E-state index contributed by atoms with van der Waals surface area (Å²) in [6.45, 7) is 3.84. The lowest BCUT2D eigenvalue weighted by Gasteiger charge is -2.17. The van der Waals surface area contributed by atoms with Crippen LogP contribution in [0.15, 0.2) is 22.8 Å². The summed E-state index contributed by atoms with van der Waals surface area (Å²) in [6, 6.07) is 3.24. The molecule has 0 aliphatic heterocycles. The predicted molar refractivity (Wildman–Crippen MR) is 79.9 cm³/mol. The summed E-state index contributed by atoms with van der Waals surface area (Å²) in [6.07, 6.45) is -3.22. The maximum absolute atomic E-state index is 12.6. The molecule has 1 heterocycles. The largest absolute Gasteiger partial charge is 0.443 e. The number of hydrazine groups is 1. The first-order valence-corrected chi connectivity index (χ1v) is 7.60. The standard InChI is InChI=1S/C13H13BrF3N3S/c1-6-3-8(4-7(2)10(6)14)11(20-18)9-5-19-12(21-9)13(15,16)17/h3-5,11,20H,18H2,1-2H3. The van der Waals surface area contributed by atoms with Crippen LogP contribution in [-0.2, 0) is 6.18 Å². The molecule has 2 aromatic rings. The van der Waals surface area contributed by atoms with Gasteiger partial charge in [0.05, 0.1) is 6.04 Å². The molecule has 3 N–H and O–H groups in total. The van der Waals surface area contributed by atoms with E-state index in [4.69, 9.17) is 5.84 Å². The molecule has 2 rings (SSSR count). The molecule has 0 saturated heterocycles. The van der Waals surface area contributed by atoms with Crippen LogP contribution in [0.4, 0.5) is 13.2 Å². The molecule has 0 saturated carbocycles. The summed E-state index contributed by atoms with van der Waals surface area (Å²) in [5.74, 6) is 5.53. The van der Waals surface area contributed by atoms with E-state index in [1.165, 1.54) is 6.20 Å². The second kappa shape index (κ2) is 6.04. The third-order valence-electron chi connectivity index (χ3n) is 3.01. The number of aromatic nitrogens is 1. The fourth-order valence-corrected chi connectivity index (χ4v) is 3.14. The van der Waals surface area contributed by atoms with Crippen molar-refractivity contribution in [3.05, 3.63) is 49.4 Å². The molecule has 0 bridgehead atoms. The van der Waals surface area contributed by atoms with Crippen LogP contribution in [0.1, 0.15) is 32.6 Å². The molecular weight excluding hydrogens is 367 g/mol. The highest BCUT2D eigenvalue weighted by molar-refractivity contribution is 9.10. The van der Waals surface area contributed by atoms with Crippen molar-refractivity contribution in [3.8, 4) is 0 Å². The van der Waals surface area contributed by atoms with Crippen molar-refractivity contribution in [1.29, 1.82) is 0 Å². The van der Waals surface area contributed by atoms with Crippen LogP contribution >= 0.6 is 27.3 Å². The minimum Gasteiger partial charge on any atom is -0.271 e. The fraction of sp³-hybridized carbons (Fsp3) is 0.308. The van der Waals surface area contributed by atoms with E-state index in [1.807, 2.05) is 26.0 Å². The summed E-state index contributed by atoms with van der Waals surface area (Å²) < 4.78 is 38.9. The molecule has 8 heteroatoms. The number of benzene rings is 1. The van der Waals surface area contributed by atoms with Crippen LogP contribution in [0.3, 0.4) is 0 Å². The number of aryl methyl sites for hydroxylation is 2. The number of halogens is 4. The van der Waals surface area contributed by atoms with Crippen molar-refractivity contribution in [3.63, 3.8) is 0 Å².